The summed E-state index contributed by atoms with van der Waals surface area (Å²) in [6, 6.07) is 8.85. The summed E-state index contributed by atoms with van der Waals surface area (Å²) in [5.41, 5.74) is 1.82. The Bertz CT molecular complexity index is 1490. The van der Waals surface area contributed by atoms with Crippen molar-refractivity contribution in [3.05, 3.63) is 93.8 Å². The molecular weight excluding hydrogens is 480 g/mol. The molecule has 0 aliphatic carbocycles. The number of rotatable bonds is 9. The lowest BCUT2D eigenvalue weighted by atomic mass is 10.2. The van der Waals surface area contributed by atoms with E-state index in [9.17, 15) is 18.4 Å². The van der Waals surface area contributed by atoms with Gasteiger partial charge in [-0.15, -0.1) is 0 Å². The van der Waals surface area contributed by atoms with Crippen LogP contribution in [0, 0.1) is 11.6 Å². The fourth-order valence-corrected chi connectivity index (χ4v) is 3.64. The number of hydrogen-bond acceptors (Lipinski definition) is 7. The van der Waals surface area contributed by atoms with Crippen LogP contribution in [0.5, 0.6) is 0 Å². The van der Waals surface area contributed by atoms with Gasteiger partial charge in [-0.25, -0.2) is 18.7 Å². The van der Waals surface area contributed by atoms with Crippen LogP contribution in [0.1, 0.15) is 21.5 Å². The average molecular weight is 508 g/mol. The fraction of sp³-hybridized carbons (Fsp3) is 0.269. The zero-order valence-corrected chi connectivity index (χ0v) is 20.8. The van der Waals surface area contributed by atoms with Crippen LogP contribution < -0.4 is 15.8 Å². The summed E-state index contributed by atoms with van der Waals surface area (Å²) in [4.78, 5) is 42.8. The lowest BCUT2D eigenvalue weighted by Crippen LogP contribution is -2.33. The largest absolute Gasteiger partial charge is 0.357 e. The van der Waals surface area contributed by atoms with E-state index in [0.717, 1.165) is 42.1 Å². The number of nitrogens with one attached hydrogen (secondary N) is 1. The Morgan fingerprint density at radius 3 is 2.51 bits per heavy atom. The molecule has 11 heteroatoms. The molecule has 1 N–H and O–H groups in total. The van der Waals surface area contributed by atoms with E-state index in [1.807, 2.05) is 44.2 Å². The summed E-state index contributed by atoms with van der Waals surface area (Å²) in [7, 11) is 5.97. The van der Waals surface area contributed by atoms with Gasteiger partial charge in [0.25, 0.3) is 11.5 Å². The maximum Gasteiger partial charge on any atom is 0.266 e. The van der Waals surface area contributed by atoms with E-state index < -0.39 is 23.1 Å². The summed E-state index contributed by atoms with van der Waals surface area (Å²) in [5, 5.41) is 2.73. The van der Waals surface area contributed by atoms with Gasteiger partial charge in [0, 0.05) is 32.9 Å². The van der Waals surface area contributed by atoms with Crippen LogP contribution in [0.4, 0.5) is 14.6 Å². The molecule has 2 aromatic carbocycles. The van der Waals surface area contributed by atoms with E-state index in [-0.39, 0.29) is 18.7 Å². The quantitative estimate of drug-likeness (QED) is 0.372. The van der Waals surface area contributed by atoms with Crippen LogP contribution in [0.25, 0.3) is 11.0 Å². The van der Waals surface area contributed by atoms with Crippen molar-refractivity contribution in [1.82, 2.24) is 29.7 Å². The fourth-order valence-electron chi connectivity index (χ4n) is 3.64. The van der Waals surface area contributed by atoms with Crippen LogP contribution in [0.2, 0.25) is 0 Å². The Balaban J connectivity index is 1.46. The van der Waals surface area contributed by atoms with Crippen molar-refractivity contribution in [2.75, 3.05) is 39.1 Å². The molecule has 0 unspecified atom stereocenters. The predicted octanol–water partition coefficient (Wildman–Crippen LogP) is 2.44. The van der Waals surface area contributed by atoms with Crippen molar-refractivity contribution in [2.24, 2.45) is 0 Å². The number of amides is 1. The minimum Gasteiger partial charge on any atom is -0.357 e. The van der Waals surface area contributed by atoms with Crippen LogP contribution >= 0.6 is 0 Å². The van der Waals surface area contributed by atoms with Gasteiger partial charge in [0.05, 0.1) is 30.1 Å². The van der Waals surface area contributed by atoms with Gasteiger partial charge in [0.1, 0.15) is 11.4 Å². The van der Waals surface area contributed by atoms with Crippen molar-refractivity contribution in [3.8, 4) is 0 Å². The molecule has 0 atom stereocenters. The van der Waals surface area contributed by atoms with Crippen molar-refractivity contribution < 1.29 is 13.6 Å². The van der Waals surface area contributed by atoms with Gasteiger partial charge in [-0.1, -0.05) is 12.1 Å². The topological polar surface area (TPSA) is 96.2 Å². The first-order chi connectivity index (χ1) is 17.7. The molecule has 0 saturated heterocycles. The maximum absolute atomic E-state index is 13.5. The van der Waals surface area contributed by atoms with E-state index in [1.54, 1.807) is 6.20 Å². The minimum absolute atomic E-state index is 0.0567. The lowest BCUT2D eigenvalue weighted by molar-refractivity contribution is 0.0948. The van der Waals surface area contributed by atoms with Crippen molar-refractivity contribution >= 4 is 22.8 Å². The van der Waals surface area contributed by atoms with Gasteiger partial charge in [-0.2, -0.15) is 0 Å². The molecule has 0 bridgehead atoms. The first-order valence-electron chi connectivity index (χ1n) is 11.6. The second kappa shape index (κ2) is 11.2. The standard InChI is InChI=1S/C26H27F2N7O2/c1-33(2)8-9-34(3)24-14-30-22-7-5-17(11-23(22)32-24)12-31-25(36)19-13-29-16-35(26(19)37)15-18-4-6-20(27)21(28)10-18/h4-7,10-11,13-14,16H,8-9,12,15H2,1-3H3,(H,31,36). The molecule has 0 spiro atoms. The SMILES string of the molecule is CN(C)CCN(C)c1cnc2ccc(CNC(=O)c3cncn(Cc4ccc(F)c(F)c4)c3=O)cc2n1. The number of carbonyl (C=O) groups excluding carboxylic acids is 1. The molecule has 1 amide bonds. The van der Waals surface area contributed by atoms with Gasteiger partial charge in [-0.3, -0.25) is 19.1 Å². The number of halogens is 2. The van der Waals surface area contributed by atoms with Crippen molar-refractivity contribution in [3.63, 3.8) is 0 Å². The monoisotopic (exact) mass is 507 g/mol. The van der Waals surface area contributed by atoms with E-state index in [4.69, 9.17) is 4.98 Å². The third-order valence-electron chi connectivity index (χ3n) is 5.80. The lowest BCUT2D eigenvalue weighted by Gasteiger charge is -2.20. The van der Waals surface area contributed by atoms with Crippen LogP contribution in [-0.4, -0.2) is 64.6 Å². The van der Waals surface area contributed by atoms with E-state index in [1.165, 1.54) is 23.2 Å². The number of fused-ring (bicyclic) bond motifs is 1. The highest BCUT2D eigenvalue weighted by atomic mass is 19.2. The highest BCUT2D eigenvalue weighted by Gasteiger charge is 2.14. The average Bonchev–Trinajstić information content (AvgIpc) is 2.88. The Hall–Kier alpha value is -4.25. The number of benzene rings is 2. The van der Waals surface area contributed by atoms with Gasteiger partial charge >= 0.3 is 0 Å². The number of aromatic nitrogens is 4. The van der Waals surface area contributed by atoms with Gasteiger partial charge in [0.15, 0.2) is 11.6 Å². The number of likely N-dealkylation sites (N-methyl/N-ethyl adjacent to an activating group) is 2. The molecule has 4 rings (SSSR count). The van der Waals surface area contributed by atoms with Crippen LogP contribution in [0.15, 0.2) is 59.9 Å². The zero-order chi connectivity index (χ0) is 26.5. The molecule has 9 nitrogen and oxygen atoms in total. The van der Waals surface area contributed by atoms with Gasteiger partial charge in [-0.05, 0) is 49.5 Å². The predicted molar refractivity (Wildman–Crippen MR) is 136 cm³/mol. The summed E-state index contributed by atoms with van der Waals surface area (Å²) >= 11 is 0. The summed E-state index contributed by atoms with van der Waals surface area (Å²) < 4.78 is 27.9. The van der Waals surface area contributed by atoms with E-state index in [0.29, 0.717) is 11.1 Å². The molecule has 4 aromatic rings. The second-order valence-corrected chi connectivity index (χ2v) is 8.95. The third kappa shape index (κ3) is 6.31. The van der Waals surface area contributed by atoms with E-state index >= 15 is 0 Å². The zero-order valence-electron chi connectivity index (χ0n) is 20.8. The highest BCUT2D eigenvalue weighted by molar-refractivity contribution is 5.93. The summed E-state index contributed by atoms with van der Waals surface area (Å²) in [6.07, 6.45) is 4.16. The van der Waals surface area contributed by atoms with Crippen LogP contribution in [0.3, 0.4) is 0 Å². The number of anilines is 1. The third-order valence-corrected chi connectivity index (χ3v) is 5.80. The molecule has 0 fully saturated rings. The summed E-state index contributed by atoms with van der Waals surface area (Å²) in [5.74, 6) is -1.85. The molecule has 2 aromatic heterocycles. The molecule has 0 radical (unpaired) electrons. The molecule has 2 heterocycles. The number of hydrogen-bond donors (Lipinski definition) is 1. The minimum atomic E-state index is -1.01. The molecule has 0 aliphatic rings. The van der Waals surface area contributed by atoms with Crippen molar-refractivity contribution in [1.29, 1.82) is 0 Å². The Labute approximate surface area is 212 Å². The Kier molecular flexibility index (Phi) is 7.83. The second-order valence-electron chi connectivity index (χ2n) is 8.95. The normalized spacial score (nSPS) is 11.2. The van der Waals surface area contributed by atoms with Crippen molar-refractivity contribution in [2.45, 2.75) is 13.1 Å². The first-order valence-corrected chi connectivity index (χ1v) is 11.6. The first kappa shape index (κ1) is 25.8. The smallest absolute Gasteiger partial charge is 0.266 e. The number of nitrogens with zero attached hydrogens (tertiary/aromatic N) is 6. The molecule has 0 aliphatic heterocycles. The Morgan fingerprint density at radius 2 is 1.76 bits per heavy atom. The maximum atomic E-state index is 13.5. The molecular formula is C26H27F2N7O2. The Morgan fingerprint density at radius 1 is 0.973 bits per heavy atom. The molecule has 0 saturated carbocycles. The molecule has 37 heavy (non-hydrogen) atoms. The van der Waals surface area contributed by atoms with Gasteiger partial charge < -0.3 is 15.1 Å². The number of carbonyl (C=O) groups is 1. The van der Waals surface area contributed by atoms with E-state index in [2.05, 4.69) is 20.2 Å². The highest BCUT2D eigenvalue weighted by Crippen LogP contribution is 2.16. The summed E-state index contributed by atoms with van der Waals surface area (Å²) in [6.45, 7) is 1.77. The molecule has 192 valence electrons. The van der Waals surface area contributed by atoms with Crippen LogP contribution in [-0.2, 0) is 13.1 Å². The van der Waals surface area contributed by atoms with Gasteiger partial charge in [0.2, 0.25) is 0 Å².